The van der Waals surface area contributed by atoms with Gasteiger partial charge in [-0.3, -0.25) is 11.3 Å². The van der Waals surface area contributed by atoms with Crippen LogP contribution >= 0.6 is 11.8 Å². The lowest BCUT2D eigenvalue weighted by atomic mass is 10.00. The number of hydrazine groups is 1. The second-order valence-electron chi connectivity index (χ2n) is 5.29. The highest BCUT2D eigenvalue weighted by Gasteiger charge is 2.16. The maximum absolute atomic E-state index is 5.71. The van der Waals surface area contributed by atoms with Crippen LogP contribution in [0.1, 0.15) is 50.6 Å². The van der Waals surface area contributed by atoms with Crippen LogP contribution in [-0.4, -0.2) is 18.5 Å². The molecule has 0 radical (unpaired) electrons. The molecule has 2 atom stereocenters. The van der Waals surface area contributed by atoms with Crippen LogP contribution < -0.4 is 11.3 Å². The molecular formula is C16H26N2OS. The van der Waals surface area contributed by atoms with Crippen molar-refractivity contribution in [3.05, 3.63) is 29.8 Å². The minimum Gasteiger partial charge on any atom is -0.378 e. The molecule has 1 aliphatic rings. The summed E-state index contributed by atoms with van der Waals surface area (Å²) in [6.45, 7) is 3.12. The number of hydrogen-bond acceptors (Lipinski definition) is 4. The highest BCUT2D eigenvalue weighted by atomic mass is 32.2. The van der Waals surface area contributed by atoms with Gasteiger partial charge >= 0.3 is 0 Å². The maximum atomic E-state index is 5.71. The van der Waals surface area contributed by atoms with Crippen molar-refractivity contribution in [1.29, 1.82) is 0 Å². The second-order valence-corrected chi connectivity index (χ2v) is 6.62. The van der Waals surface area contributed by atoms with Crippen molar-refractivity contribution < 1.29 is 4.74 Å². The van der Waals surface area contributed by atoms with Gasteiger partial charge < -0.3 is 4.74 Å². The van der Waals surface area contributed by atoms with Crippen molar-refractivity contribution >= 4 is 11.8 Å². The van der Waals surface area contributed by atoms with E-state index in [1.807, 2.05) is 11.8 Å². The van der Waals surface area contributed by atoms with Crippen molar-refractivity contribution in [3.8, 4) is 0 Å². The Balaban J connectivity index is 1.80. The first-order chi connectivity index (χ1) is 9.83. The first kappa shape index (κ1) is 15.8. The summed E-state index contributed by atoms with van der Waals surface area (Å²) in [5, 5.41) is 0. The molecule has 0 aromatic heterocycles. The summed E-state index contributed by atoms with van der Waals surface area (Å²) < 4.78 is 5.66. The second kappa shape index (κ2) is 8.67. The van der Waals surface area contributed by atoms with Crippen LogP contribution in [0.25, 0.3) is 0 Å². The normalized spacial score (nSPS) is 20.2. The van der Waals surface area contributed by atoms with Gasteiger partial charge in [-0.2, -0.15) is 0 Å². The molecule has 1 heterocycles. The van der Waals surface area contributed by atoms with Gasteiger partial charge in [0, 0.05) is 17.5 Å². The Morgan fingerprint density at radius 2 is 2.20 bits per heavy atom. The largest absolute Gasteiger partial charge is 0.378 e. The smallest absolute Gasteiger partial charge is 0.0576 e. The van der Waals surface area contributed by atoms with Crippen molar-refractivity contribution in [2.75, 3.05) is 12.4 Å². The highest BCUT2D eigenvalue weighted by Crippen LogP contribution is 2.25. The van der Waals surface area contributed by atoms with Gasteiger partial charge in [0.25, 0.3) is 0 Å². The molecular weight excluding hydrogens is 268 g/mol. The maximum Gasteiger partial charge on any atom is 0.0576 e. The molecule has 1 fully saturated rings. The number of benzene rings is 1. The Labute approximate surface area is 126 Å². The summed E-state index contributed by atoms with van der Waals surface area (Å²) in [7, 11) is 0. The van der Waals surface area contributed by atoms with Gasteiger partial charge in [0.05, 0.1) is 6.10 Å². The molecule has 0 saturated carbocycles. The van der Waals surface area contributed by atoms with Crippen molar-refractivity contribution in [3.63, 3.8) is 0 Å². The number of rotatable bonds is 8. The Morgan fingerprint density at radius 3 is 2.80 bits per heavy atom. The molecule has 1 saturated heterocycles. The van der Waals surface area contributed by atoms with Crippen LogP contribution in [-0.2, 0) is 4.74 Å². The standard InChI is InChI=1S/C16H26N2OS/c1-2-20-15-10-8-13(9-11-15)16(18-17)7-3-5-14-6-4-12-19-14/h8-11,14,16,18H,2-7,12,17H2,1H3. The Hall–Kier alpha value is -0.550. The Bertz CT molecular complexity index is 377. The predicted octanol–water partition coefficient (Wildman–Crippen LogP) is 3.65. The van der Waals surface area contributed by atoms with E-state index in [4.69, 9.17) is 10.6 Å². The average Bonchev–Trinajstić information content (AvgIpc) is 2.98. The molecule has 1 aromatic carbocycles. The third kappa shape index (κ3) is 4.77. The zero-order chi connectivity index (χ0) is 14.2. The fourth-order valence-electron chi connectivity index (χ4n) is 2.73. The zero-order valence-corrected chi connectivity index (χ0v) is 13.1. The molecule has 112 valence electrons. The molecule has 0 aliphatic carbocycles. The Kier molecular flexibility index (Phi) is 6.87. The fraction of sp³-hybridized carbons (Fsp3) is 0.625. The lowest BCUT2D eigenvalue weighted by Gasteiger charge is -2.17. The van der Waals surface area contributed by atoms with Crippen molar-refractivity contribution in [2.45, 2.75) is 56.1 Å². The lowest BCUT2D eigenvalue weighted by molar-refractivity contribution is 0.101. The minimum absolute atomic E-state index is 0.247. The van der Waals surface area contributed by atoms with Crippen molar-refractivity contribution in [2.24, 2.45) is 5.84 Å². The molecule has 2 rings (SSSR count). The van der Waals surface area contributed by atoms with Crippen molar-refractivity contribution in [1.82, 2.24) is 5.43 Å². The molecule has 3 N–H and O–H groups in total. The van der Waals surface area contributed by atoms with Crippen LogP contribution in [0.2, 0.25) is 0 Å². The molecule has 4 heteroatoms. The summed E-state index contributed by atoms with van der Waals surface area (Å²) in [5.74, 6) is 6.82. The quantitative estimate of drug-likeness (QED) is 0.436. The van der Waals surface area contributed by atoms with E-state index in [0.29, 0.717) is 6.10 Å². The highest BCUT2D eigenvalue weighted by molar-refractivity contribution is 7.99. The van der Waals surface area contributed by atoms with E-state index in [0.717, 1.165) is 31.6 Å². The lowest BCUT2D eigenvalue weighted by Crippen LogP contribution is -2.28. The van der Waals surface area contributed by atoms with E-state index in [1.165, 1.54) is 23.3 Å². The molecule has 1 aliphatic heterocycles. The van der Waals surface area contributed by atoms with Gasteiger partial charge in [0.15, 0.2) is 0 Å². The average molecular weight is 294 g/mol. The zero-order valence-electron chi connectivity index (χ0n) is 12.3. The van der Waals surface area contributed by atoms with E-state index < -0.39 is 0 Å². The molecule has 20 heavy (non-hydrogen) atoms. The van der Waals surface area contributed by atoms with Crippen LogP contribution in [0.5, 0.6) is 0 Å². The SMILES string of the molecule is CCSc1ccc(C(CCCC2CCCO2)NN)cc1. The van der Waals surface area contributed by atoms with Gasteiger partial charge in [-0.25, -0.2) is 0 Å². The van der Waals surface area contributed by atoms with E-state index in [9.17, 15) is 0 Å². The summed E-state index contributed by atoms with van der Waals surface area (Å²) in [6.07, 6.45) is 6.31. The number of ether oxygens (including phenoxy) is 1. The van der Waals surface area contributed by atoms with Gasteiger partial charge in [-0.1, -0.05) is 19.1 Å². The number of hydrogen-bond donors (Lipinski definition) is 2. The number of nitrogens with two attached hydrogens (primary N) is 1. The molecule has 0 spiro atoms. The molecule has 3 nitrogen and oxygen atoms in total. The summed E-state index contributed by atoms with van der Waals surface area (Å²) in [4.78, 5) is 1.33. The topological polar surface area (TPSA) is 47.3 Å². The predicted molar refractivity (Wildman–Crippen MR) is 85.7 cm³/mol. The third-order valence-electron chi connectivity index (χ3n) is 3.84. The number of nitrogens with one attached hydrogen (secondary N) is 1. The minimum atomic E-state index is 0.247. The third-order valence-corrected chi connectivity index (χ3v) is 4.73. The molecule has 0 amide bonds. The van der Waals surface area contributed by atoms with Crippen LogP contribution in [0.4, 0.5) is 0 Å². The first-order valence-electron chi connectivity index (χ1n) is 7.64. The van der Waals surface area contributed by atoms with E-state index in [1.54, 1.807) is 0 Å². The van der Waals surface area contributed by atoms with E-state index in [2.05, 4.69) is 36.6 Å². The van der Waals surface area contributed by atoms with Gasteiger partial charge in [0.1, 0.15) is 0 Å². The molecule has 2 unspecified atom stereocenters. The summed E-state index contributed by atoms with van der Waals surface area (Å²) in [5.41, 5.74) is 4.23. The van der Waals surface area contributed by atoms with E-state index in [-0.39, 0.29) is 6.04 Å². The van der Waals surface area contributed by atoms with Crippen LogP contribution in [0.3, 0.4) is 0 Å². The van der Waals surface area contributed by atoms with Gasteiger partial charge in [-0.15, -0.1) is 11.8 Å². The van der Waals surface area contributed by atoms with Gasteiger partial charge in [0.2, 0.25) is 0 Å². The van der Waals surface area contributed by atoms with Crippen LogP contribution in [0, 0.1) is 0 Å². The Morgan fingerprint density at radius 1 is 1.40 bits per heavy atom. The monoisotopic (exact) mass is 294 g/mol. The summed E-state index contributed by atoms with van der Waals surface area (Å²) >= 11 is 1.87. The van der Waals surface area contributed by atoms with Crippen LogP contribution in [0.15, 0.2) is 29.2 Å². The first-order valence-corrected chi connectivity index (χ1v) is 8.62. The molecule has 1 aromatic rings. The number of thioether (sulfide) groups is 1. The van der Waals surface area contributed by atoms with Gasteiger partial charge in [-0.05, 0) is 55.6 Å². The summed E-state index contributed by atoms with van der Waals surface area (Å²) in [6, 6.07) is 9.00. The van der Waals surface area contributed by atoms with E-state index >= 15 is 0 Å². The fourth-order valence-corrected chi connectivity index (χ4v) is 3.39. The molecule has 0 bridgehead atoms.